The van der Waals surface area contributed by atoms with Crippen LogP contribution in [0.25, 0.3) is 33.0 Å². The molecule has 3 aromatic carbocycles. The number of phenols is 1. The zero-order chi connectivity index (χ0) is 41.3. The Labute approximate surface area is 331 Å². The van der Waals surface area contributed by atoms with Gasteiger partial charge in [-0.05, 0) is 46.8 Å². The Bertz CT molecular complexity index is 2450. The Morgan fingerprint density at radius 2 is 1.63 bits per heavy atom. The minimum Gasteiger partial charge on any atom is -0.505 e. The number of methoxy groups -OCH3 is 1. The van der Waals surface area contributed by atoms with Gasteiger partial charge in [0.25, 0.3) is 5.91 Å². The monoisotopic (exact) mass is 780 g/mol. The number of phenolic OH excluding ortho intramolecular Hbond substituents is 1. The normalized spacial score (nSPS) is 32.9. The van der Waals surface area contributed by atoms with Crippen molar-refractivity contribution in [1.29, 1.82) is 0 Å². The summed E-state index contributed by atoms with van der Waals surface area (Å²) in [5.41, 5.74) is -0.790. The fourth-order valence-corrected chi connectivity index (χ4v) is 8.75. The molecule has 4 aromatic rings. The van der Waals surface area contributed by atoms with E-state index in [0.717, 1.165) is 0 Å². The van der Waals surface area contributed by atoms with Crippen molar-refractivity contribution in [2.75, 3.05) is 12.4 Å². The number of carbonyl (C=O) groups is 2. The van der Waals surface area contributed by atoms with E-state index in [1.807, 2.05) is 46.8 Å². The first-order valence-corrected chi connectivity index (χ1v) is 19.6. The summed E-state index contributed by atoms with van der Waals surface area (Å²) in [6.45, 7) is 16.5. The number of anilines is 1. The highest BCUT2D eigenvalue weighted by Crippen LogP contribution is 2.49. The van der Waals surface area contributed by atoms with E-state index in [4.69, 9.17) is 28.3 Å². The van der Waals surface area contributed by atoms with E-state index in [-0.39, 0.29) is 86.7 Å². The van der Waals surface area contributed by atoms with Crippen molar-refractivity contribution in [1.82, 2.24) is 4.98 Å². The van der Waals surface area contributed by atoms with Crippen molar-refractivity contribution in [3.63, 3.8) is 0 Å². The van der Waals surface area contributed by atoms with E-state index in [1.54, 1.807) is 70.4 Å². The lowest BCUT2D eigenvalue weighted by atomic mass is 9.77. The summed E-state index contributed by atoms with van der Waals surface area (Å²) in [4.78, 5) is 47.6. The van der Waals surface area contributed by atoms with Crippen molar-refractivity contribution in [3.8, 4) is 11.5 Å². The van der Waals surface area contributed by atoms with Crippen LogP contribution in [-0.2, 0) is 19.0 Å². The number of hydrogen-bond acceptors (Lipinski definition) is 11. The number of aromatic nitrogens is 1. The molecule has 0 radical (unpaired) electrons. The summed E-state index contributed by atoms with van der Waals surface area (Å²) in [5.74, 6) is -3.30. The molecule has 7 bridgehead atoms. The highest BCUT2D eigenvalue weighted by molar-refractivity contribution is 6.26. The maximum Gasteiger partial charge on any atom is 0.251 e. The molecule has 1 saturated heterocycles. The summed E-state index contributed by atoms with van der Waals surface area (Å²) < 4.78 is 31.6. The lowest BCUT2D eigenvalue weighted by Crippen LogP contribution is -2.56. The molecule has 302 valence electrons. The Hall–Kier alpha value is -4.88. The van der Waals surface area contributed by atoms with Crippen LogP contribution in [0.15, 0.2) is 69.4 Å². The molecular formula is C45H52N2O10. The molecule has 12 nitrogen and oxygen atoms in total. The number of hydrogen-bond donors (Lipinski definition) is 3. The molecule has 1 unspecified atom stereocenters. The summed E-state index contributed by atoms with van der Waals surface area (Å²) in [5, 5.41) is 26.5. The molecule has 1 amide bonds. The Morgan fingerprint density at radius 3 is 2.35 bits per heavy atom. The predicted molar refractivity (Wildman–Crippen MR) is 218 cm³/mol. The molecule has 12 heteroatoms. The first-order valence-electron chi connectivity index (χ1n) is 19.6. The molecule has 4 aliphatic rings. The van der Waals surface area contributed by atoms with E-state index in [1.165, 1.54) is 0 Å². The summed E-state index contributed by atoms with van der Waals surface area (Å²) in [6, 6.07) is 6.96. The first-order chi connectivity index (χ1) is 26.9. The van der Waals surface area contributed by atoms with Crippen molar-refractivity contribution in [3.05, 3.63) is 81.6 Å². The van der Waals surface area contributed by atoms with E-state index in [2.05, 4.69) is 12.2 Å². The summed E-state index contributed by atoms with van der Waals surface area (Å²) in [7, 11) is 1.57. The van der Waals surface area contributed by atoms with Gasteiger partial charge >= 0.3 is 0 Å². The summed E-state index contributed by atoms with van der Waals surface area (Å²) in [6.07, 6.45) is 7.09. The minimum atomic E-state index is -1.45. The first kappa shape index (κ1) is 40.3. The molecular weight excluding hydrogens is 728 g/mol. The number of aliphatic hydroxyl groups is 1. The van der Waals surface area contributed by atoms with E-state index >= 15 is 0 Å². The average Bonchev–Trinajstić information content (AvgIpc) is 3.44. The van der Waals surface area contributed by atoms with Gasteiger partial charge in [0, 0.05) is 53.7 Å². The topological polar surface area (TPSA) is 167 Å². The van der Waals surface area contributed by atoms with Gasteiger partial charge in [-0.1, -0.05) is 70.2 Å². The molecule has 0 saturated carbocycles. The zero-order valence-electron chi connectivity index (χ0n) is 34.1. The van der Waals surface area contributed by atoms with Gasteiger partial charge < -0.3 is 38.9 Å². The molecule has 0 spiro atoms. The molecule has 9 atom stereocenters. The van der Waals surface area contributed by atoms with Gasteiger partial charge in [0.1, 0.15) is 22.5 Å². The molecule has 3 N–H and O–H groups in total. The standard InChI is InChI=1S/C45H52N2O10/c1-21-15-13-16-22(2)43(52)47-34-37(50)31-30(33-41(34)54-29-18-12-11-17-27(29)46-33)32-40(25(5)36(31)49)57-45(9,42(32)51)20-14-19-28(53-10)23(3)35(48)24(4)39-26(6)38(21)55-44(7,8)56-39/h11-19,21,23-24,26,28,35,38-39,48,50H,20H2,1-10H3,(H,47,52)/b15-13+,19-14+,22-16-/t21-,23+,24-,26+,28-,35+,38?,39-,45+/m0/s1. The highest BCUT2D eigenvalue weighted by atomic mass is 16.7. The van der Waals surface area contributed by atoms with Crippen molar-refractivity contribution >= 4 is 50.3 Å². The third-order valence-electron chi connectivity index (χ3n) is 12.1. The zero-order valence-corrected chi connectivity index (χ0v) is 34.1. The smallest absolute Gasteiger partial charge is 0.251 e. The number of carbonyl (C=O) groups excluding carboxylic acids is 2. The van der Waals surface area contributed by atoms with Crippen molar-refractivity contribution in [2.24, 2.45) is 23.7 Å². The molecule has 4 aliphatic heterocycles. The largest absolute Gasteiger partial charge is 0.505 e. The van der Waals surface area contributed by atoms with Gasteiger partial charge in [0.2, 0.25) is 5.78 Å². The third kappa shape index (κ3) is 6.86. The number of aromatic hydroxyl groups is 1. The van der Waals surface area contributed by atoms with Crippen LogP contribution in [0, 0.1) is 30.6 Å². The van der Waals surface area contributed by atoms with E-state index in [9.17, 15) is 24.6 Å². The van der Waals surface area contributed by atoms with Crippen LogP contribution >= 0.6 is 0 Å². The number of amides is 1. The molecule has 5 heterocycles. The number of fused-ring (bicyclic) bond motifs is 10. The van der Waals surface area contributed by atoms with Crippen LogP contribution in [0.1, 0.15) is 77.7 Å². The number of benzene rings is 3. The number of para-hydroxylation sites is 2. The minimum absolute atomic E-state index is 0.0160. The fraction of sp³-hybridized carbons (Fsp3) is 0.467. The predicted octanol–water partition coefficient (Wildman–Crippen LogP) is 7.68. The Morgan fingerprint density at radius 1 is 0.930 bits per heavy atom. The Balaban J connectivity index is 1.43. The second kappa shape index (κ2) is 14.8. The van der Waals surface area contributed by atoms with E-state index in [0.29, 0.717) is 16.7 Å². The Kier molecular flexibility index (Phi) is 10.5. The quantitative estimate of drug-likeness (QED) is 0.0750. The van der Waals surface area contributed by atoms with Crippen LogP contribution in [0.5, 0.6) is 11.5 Å². The van der Waals surface area contributed by atoms with Gasteiger partial charge in [-0.15, -0.1) is 0 Å². The van der Waals surface area contributed by atoms with Crippen LogP contribution in [0.3, 0.4) is 0 Å². The summed E-state index contributed by atoms with van der Waals surface area (Å²) >= 11 is 0. The number of nitrogens with zero attached hydrogens (tertiary/aromatic N) is 1. The second-order valence-electron chi connectivity index (χ2n) is 16.7. The third-order valence-corrected chi connectivity index (χ3v) is 12.1. The molecule has 1 aromatic heterocycles. The lowest BCUT2D eigenvalue weighted by Gasteiger charge is -2.49. The van der Waals surface area contributed by atoms with Gasteiger partial charge in [0.15, 0.2) is 33.7 Å². The van der Waals surface area contributed by atoms with Crippen LogP contribution in [-0.4, -0.2) is 69.8 Å². The number of allylic oxidation sites excluding steroid dienone is 2. The maximum absolute atomic E-state index is 14.6. The molecule has 8 rings (SSSR count). The highest BCUT2D eigenvalue weighted by Gasteiger charge is 2.48. The lowest BCUT2D eigenvalue weighted by molar-refractivity contribution is -0.336. The van der Waals surface area contributed by atoms with Gasteiger partial charge in [-0.3, -0.25) is 14.4 Å². The number of aliphatic hydroxyl groups excluding tert-OH is 1. The van der Waals surface area contributed by atoms with Crippen LogP contribution in [0.4, 0.5) is 5.69 Å². The fourth-order valence-electron chi connectivity index (χ4n) is 8.75. The number of ketones is 1. The van der Waals surface area contributed by atoms with Gasteiger partial charge in [-0.25, -0.2) is 4.98 Å². The number of nitrogens with one attached hydrogen (secondary N) is 1. The van der Waals surface area contributed by atoms with Crippen LogP contribution < -0.4 is 15.5 Å². The number of Topliss-reactive ketones (excluding diaryl/α,β-unsaturated/α-hetero) is 1. The number of rotatable bonds is 1. The molecule has 1 fully saturated rings. The maximum atomic E-state index is 14.6. The van der Waals surface area contributed by atoms with Gasteiger partial charge in [-0.2, -0.15) is 0 Å². The average molecular weight is 781 g/mol. The van der Waals surface area contributed by atoms with Crippen molar-refractivity contribution < 1.29 is 43.2 Å². The SMILES string of the molecule is CO[C@H]1/C=C/C[C@@]2(C)Oc3c(C)c(=O)c4c(O)c(c5oc6ccccc6nc5c4c3C2=O)NC(=O)/C(C)=C\C=C\[C@H](C)C2OC(C)(C)O[C@@H]([C@@H](C)[C@H](O)[C@@H]1C)[C@@H]2C. The second-order valence-corrected chi connectivity index (χ2v) is 16.7. The van der Waals surface area contributed by atoms with Crippen molar-refractivity contribution in [2.45, 2.75) is 105 Å². The van der Waals surface area contributed by atoms with E-state index < -0.39 is 46.5 Å². The van der Waals surface area contributed by atoms with Gasteiger partial charge in [0.05, 0.1) is 35.4 Å². The molecule has 57 heavy (non-hydrogen) atoms. The number of ether oxygens (including phenoxy) is 4. The molecule has 0 aliphatic carbocycles. The van der Waals surface area contributed by atoms with Crippen LogP contribution in [0.2, 0.25) is 0 Å².